The first-order chi connectivity index (χ1) is 9.06. The van der Waals surface area contributed by atoms with Gasteiger partial charge in [-0.1, -0.05) is 0 Å². The number of likely N-dealkylation sites (tertiary alicyclic amines) is 1. The molecule has 0 aliphatic carbocycles. The van der Waals surface area contributed by atoms with Crippen molar-refractivity contribution >= 4 is 5.91 Å². The summed E-state index contributed by atoms with van der Waals surface area (Å²) in [6.45, 7) is 8.10. The zero-order valence-electron chi connectivity index (χ0n) is 12.5. The van der Waals surface area contributed by atoms with Gasteiger partial charge in [0.05, 0.1) is 18.2 Å². The van der Waals surface area contributed by atoms with Gasteiger partial charge in [-0.2, -0.15) is 0 Å². The minimum Gasteiger partial charge on any atom is -0.375 e. The fourth-order valence-electron chi connectivity index (χ4n) is 3.35. The van der Waals surface area contributed by atoms with Crippen LogP contribution in [0.2, 0.25) is 0 Å². The number of carbonyl (C=O) groups excluding carboxylic acids is 1. The van der Waals surface area contributed by atoms with Gasteiger partial charge < -0.3 is 15.0 Å². The maximum atomic E-state index is 12.4. The number of piperidine rings is 1. The van der Waals surface area contributed by atoms with Crippen LogP contribution < -0.4 is 5.32 Å². The van der Waals surface area contributed by atoms with Crippen LogP contribution in [0.4, 0.5) is 0 Å². The van der Waals surface area contributed by atoms with E-state index in [0.717, 1.165) is 38.8 Å². The Hall–Kier alpha value is -0.610. The molecule has 4 heteroatoms. The quantitative estimate of drug-likeness (QED) is 0.850. The van der Waals surface area contributed by atoms with Gasteiger partial charge in [-0.05, 0) is 52.9 Å². The minimum absolute atomic E-state index is 0.0689. The van der Waals surface area contributed by atoms with Crippen LogP contribution in [0.3, 0.4) is 0 Å². The second-order valence-electron chi connectivity index (χ2n) is 6.20. The van der Waals surface area contributed by atoms with E-state index in [1.54, 1.807) is 0 Å². The van der Waals surface area contributed by atoms with Crippen molar-refractivity contribution in [2.45, 2.75) is 77.2 Å². The highest BCUT2D eigenvalue weighted by atomic mass is 16.5. The van der Waals surface area contributed by atoms with E-state index in [2.05, 4.69) is 19.2 Å². The Bertz CT molecular complexity index is 293. The molecule has 4 nitrogen and oxygen atoms in total. The molecule has 0 radical (unpaired) electrons. The third-order valence-corrected chi connectivity index (χ3v) is 4.22. The predicted molar refractivity (Wildman–Crippen MR) is 76.1 cm³/mol. The summed E-state index contributed by atoms with van der Waals surface area (Å²) < 4.78 is 5.74. The molecule has 3 unspecified atom stereocenters. The van der Waals surface area contributed by atoms with Gasteiger partial charge >= 0.3 is 0 Å². The van der Waals surface area contributed by atoms with Crippen LogP contribution in [-0.4, -0.2) is 48.2 Å². The number of nitrogens with one attached hydrogen (secondary N) is 1. The molecule has 2 saturated heterocycles. The first kappa shape index (κ1) is 14.8. The topological polar surface area (TPSA) is 41.6 Å². The molecule has 3 atom stereocenters. The lowest BCUT2D eigenvalue weighted by Gasteiger charge is -2.36. The van der Waals surface area contributed by atoms with Crippen LogP contribution in [-0.2, 0) is 9.53 Å². The van der Waals surface area contributed by atoms with Crippen molar-refractivity contribution in [1.82, 2.24) is 10.2 Å². The lowest BCUT2D eigenvalue weighted by atomic mass is 9.99. The van der Waals surface area contributed by atoms with E-state index in [1.807, 2.05) is 11.8 Å². The number of amides is 1. The highest BCUT2D eigenvalue weighted by molar-refractivity contribution is 5.81. The normalized spacial score (nSPS) is 34.1. The van der Waals surface area contributed by atoms with Crippen LogP contribution in [0.25, 0.3) is 0 Å². The summed E-state index contributed by atoms with van der Waals surface area (Å²) in [5.41, 5.74) is 0. The molecule has 19 heavy (non-hydrogen) atoms. The number of rotatable bonds is 3. The van der Waals surface area contributed by atoms with E-state index in [9.17, 15) is 4.79 Å². The summed E-state index contributed by atoms with van der Waals surface area (Å²) in [4.78, 5) is 14.4. The zero-order valence-corrected chi connectivity index (χ0v) is 12.5. The molecule has 0 spiro atoms. The summed E-state index contributed by atoms with van der Waals surface area (Å²) in [6, 6.07) is 0.336. The van der Waals surface area contributed by atoms with Crippen LogP contribution >= 0.6 is 0 Å². The van der Waals surface area contributed by atoms with E-state index in [4.69, 9.17) is 4.74 Å². The maximum absolute atomic E-state index is 12.4. The molecule has 0 saturated carbocycles. The standard InChI is InChI=1S/C15H28N2O2/c1-11-9-14(10-12(2)19-11)16-13(3)15(18)17-7-5-4-6-8-17/h11-14,16H,4-10H2,1-3H3. The van der Waals surface area contributed by atoms with Crippen molar-refractivity contribution in [1.29, 1.82) is 0 Å². The lowest BCUT2D eigenvalue weighted by Crippen LogP contribution is -2.52. The van der Waals surface area contributed by atoms with E-state index >= 15 is 0 Å². The fourth-order valence-corrected chi connectivity index (χ4v) is 3.35. The molecule has 0 aromatic heterocycles. The lowest BCUT2D eigenvalue weighted by molar-refractivity contribution is -0.134. The van der Waals surface area contributed by atoms with Crippen molar-refractivity contribution in [3.05, 3.63) is 0 Å². The summed E-state index contributed by atoms with van der Waals surface area (Å²) in [6.07, 6.45) is 6.16. The highest BCUT2D eigenvalue weighted by Crippen LogP contribution is 2.20. The second kappa shape index (κ2) is 6.71. The molecule has 0 bridgehead atoms. The predicted octanol–water partition coefficient (Wildman–Crippen LogP) is 1.93. The molecule has 0 aromatic carbocycles. The monoisotopic (exact) mass is 268 g/mol. The molecule has 2 fully saturated rings. The maximum Gasteiger partial charge on any atom is 0.239 e. The van der Waals surface area contributed by atoms with Crippen molar-refractivity contribution in [2.75, 3.05) is 13.1 Å². The summed E-state index contributed by atoms with van der Waals surface area (Å²) in [5.74, 6) is 0.270. The molecular weight excluding hydrogens is 240 g/mol. The SMILES string of the molecule is CC1CC(NC(C)C(=O)N2CCCCC2)CC(C)O1. The Labute approximate surface area is 116 Å². The Morgan fingerprint density at radius 1 is 1.16 bits per heavy atom. The molecule has 1 amide bonds. The third-order valence-electron chi connectivity index (χ3n) is 4.22. The average Bonchev–Trinajstić information content (AvgIpc) is 2.37. The summed E-state index contributed by atoms with van der Waals surface area (Å²) >= 11 is 0. The number of ether oxygens (including phenoxy) is 1. The van der Waals surface area contributed by atoms with Gasteiger partial charge in [0.25, 0.3) is 0 Å². The Kier molecular flexibility index (Phi) is 5.22. The van der Waals surface area contributed by atoms with Crippen LogP contribution in [0.5, 0.6) is 0 Å². The third kappa shape index (κ3) is 4.18. The van der Waals surface area contributed by atoms with Crippen molar-refractivity contribution in [3.63, 3.8) is 0 Å². The number of carbonyl (C=O) groups is 1. The van der Waals surface area contributed by atoms with E-state index in [1.165, 1.54) is 6.42 Å². The molecule has 2 aliphatic heterocycles. The first-order valence-corrected chi connectivity index (χ1v) is 7.76. The number of nitrogens with zero attached hydrogens (tertiary/aromatic N) is 1. The van der Waals surface area contributed by atoms with Gasteiger partial charge in [0.15, 0.2) is 0 Å². The van der Waals surface area contributed by atoms with Gasteiger partial charge in [0.2, 0.25) is 5.91 Å². The van der Waals surface area contributed by atoms with Crippen molar-refractivity contribution in [2.24, 2.45) is 0 Å². The van der Waals surface area contributed by atoms with E-state index in [-0.39, 0.29) is 11.9 Å². The number of hydrogen-bond donors (Lipinski definition) is 1. The van der Waals surface area contributed by atoms with Crippen molar-refractivity contribution < 1.29 is 9.53 Å². The van der Waals surface area contributed by atoms with Gasteiger partial charge in [0.1, 0.15) is 0 Å². The molecular formula is C15H28N2O2. The van der Waals surface area contributed by atoms with Gasteiger partial charge in [-0.15, -0.1) is 0 Å². The fraction of sp³-hybridized carbons (Fsp3) is 0.933. The minimum atomic E-state index is -0.0689. The molecule has 0 aromatic rings. The Morgan fingerprint density at radius 3 is 2.32 bits per heavy atom. The highest BCUT2D eigenvalue weighted by Gasteiger charge is 2.28. The second-order valence-corrected chi connectivity index (χ2v) is 6.20. The molecule has 110 valence electrons. The van der Waals surface area contributed by atoms with Crippen LogP contribution in [0, 0.1) is 0 Å². The van der Waals surface area contributed by atoms with Crippen LogP contribution in [0.15, 0.2) is 0 Å². The Balaban J connectivity index is 1.82. The molecule has 2 rings (SSSR count). The average molecular weight is 268 g/mol. The number of hydrogen-bond acceptors (Lipinski definition) is 3. The van der Waals surface area contributed by atoms with E-state index < -0.39 is 0 Å². The Morgan fingerprint density at radius 2 is 1.74 bits per heavy atom. The van der Waals surface area contributed by atoms with Gasteiger partial charge in [-0.3, -0.25) is 4.79 Å². The van der Waals surface area contributed by atoms with Gasteiger partial charge in [-0.25, -0.2) is 0 Å². The zero-order chi connectivity index (χ0) is 13.8. The van der Waals surface area contributed by atoms with E-state index in [0.29, 0.717) is 18.2 Å². The molecule has 2 heterocycles. The smallest absolute Gasteiger partial charge is 0.239 e. The summed E-state index contributed by atoms with van der Waals surface area (Å²) in [7, 11) is 0. The summed E-state index contributed by atoms with van der Waals surface area (Å²) in [5, 5.41) is 3.51. The van der Waals surface area contributed by atoms with Crippen molar-refractivity contribution in [3.8, 4) is 0 Å². The first-order valence-electron chi connectivity index (χ1n) is 7.76. The largest absolute Gasteiger partial charge is 0.375 e. The molecule has 1 N–H and O–H groups in total. The van der Waals surface area contributed by atoms with Gasteiger partial charge in [0, 0.05) is 19.1 Å². The molecule has 2 aliphatic rings. The van der Waals surface area contributed by atoms with Crippen LogP contribution in [0.1, 0.15) is 52.9 Å².